The molecule has 0 saturated heterocycles. The third-order valence-corrected chi connectivity index (χ3v) is 4.06. The van der Waals surface area contributed by atoms with E-state index in [4.69, 9.17) is 10.2 Å². The van der Waals surface area contributed by atoms with Gasteiger partial charge in [-0.3, -0.25) is 30.3 Å². The standard InChI is InChI=1S/C9H19NO.C6H3N3O7/c1-8(7-11)10-9-5-3-2-4-6-9;10-6-4(8(13)14)1-3(7(11)12)2-5(6)9(15)16/h8-11H,2-7H2,1H3;1-2,10H. The highest BCUT2D eigenvalue weighted by atomic mass is 16.6. The summed E-state index contributed by atoms with van der Waals surface area (Å²) in [4.78, 5) is 27.8. The molecular weight excluding hydrogens is 364 g/mol. The van der Waals surface area contributed by atoms with E-state index in [1.165, 1.54) is 32.1 Å². The molecule has 150 valence electrons. The highest BCUT2D eigenvalue weighted by molar-refractivity contribution is 5.64. The molecule has 1 saturated carbocycles. The quantitative estimate of drug-likeness (QED) is 0.488. The number of nitro groups is 3. The minimum absolute atomic E-state index is 0.260. The van der Waals surface area contributed by atoms with E-state index in [9.17, 15) is 30.3 Å². The first-order chi connectivity index (χ1) is 12.7. The average Bonchev–Trinajstić information content (AvgIpc) is 2.62. The van der Waals surface area contributed by atoms with Crippen LogP contribution >= 0.6 is 0 Å². The number of benzene rings is 1. The molecular formula is C15H22N4O8. The number of aliphatic hydroxyl groups excluding tert-OH is 1. The van der Waals surface area contributed by atoms with Crippen molar-refractivity contribution in [1.29, 1.82) is 0 Å². The lowest BCUT2D eigenvalue weighted by molar-refractivity contribution is -0.404. The van der Waals surface area contributed by atoms with Crippen molar-refractivity contribution in [1.82, 2.24) is 5.32 Å². The summed E-state index contributed by atoms with van der Waals surface area (Å²) in [6, 6.07) is 1.84. The first kappa shape index (κ1) is 22.2. The molecule has 2 rings (SSSR count). The molecule has 0 heterocycles. The summed E-state index contributed by atoms with van der Waals surface area (Å²) in [5, 5.41) is 52.4. The number of hydrogen-bond donors (Lipinski definition) is 3. The Morgan fingerprint density at radius 1 is 1.04 bits per heavy atom. The van der Waals surface area contributed by atoms with E-state index >= 15 is 0 Å². The normalized spacial score (nSPS) is 15.3. The topological polar surface area (TPSA) is 182 Å². The number of aliphatic hydroxyl groups is 1. The molecule has 1 aliphatic rings. The highest BCUT2D eigenvalue weighted by Gasteiger charge is 2.30. The first-order valence-corrected chi connectivity index (χ1v) is 8.34. The Kier molecular flexibility index (Phi) is 8.48. The zero-order valence-electron chi connectivity index (χ0n) is 14.7. The van der Waals surface area contributed by atoms with E-state index in [-0.39, 0.29) is 12.6 Å². The molecule has 0 bridgehead atoms. The van der Waals surface area contributed by atoms with Gasteiger partial charge in [0, 0.05) is 12.1 Å². The van der Waals surface area contributed by atoms with Crippen LogP contribution < -0.4 is 5.32 Å². The van der Waals surface area contributed by atoms with Gasteiger partial charge >= 0.3 is 11.4 Å². The number of nitrogens with one attached hydrogen (secondary N) is 1. The zero-order chi connectivity index (χ0) is 20.6. The predicted octanol–water partition coefficient (Wildman–Crippen LogP) is 2.41. The fraction of sp³-hybridized carbons (Fsp3) is 0.600. The lowest BCUT2D eigenvalue weighted by atomic mass is 9.95. The maximum atomic E-state index is 10.4. The van der Waals surface area contributed by atoms with Gasteiger partial charge in [-0.2, -0.15) is 0 Å². The van der Waals surface area contributed by atoms with Crippen LogP contribution in [0, 0.1) is 30.3 Å². The molecule has 1 aliphatic carbocycles. The van der Waals surface area contributed by atoms with Crippen LogP contribution in [0.4, 0.5) is 17.1 Å². The molecule has 0 radical (unpaired) electrons. The molecule has 0 spiro atoms. The number of aromatic hydroxyl groups is 1. The Balaban J connectivity index is 0.000000289. The molecule has 0 aromatic heterocycles. The second-order valence-corrected chi connectivity index (χ2v) is 6.19. The Bertz CT molecular complexity index is 655. The van der Waals surface area contributed by atoms with Crippen molar-refractivity contribution in [2.75, 3.05) is 6.61 Å². The summed E-state index contributed by atoms with van der Waals surface area (Å²) in [6.07, 6.45) is 6.70. The van der Waals surface area contributed by atoms with Gasteiger partial charge in [0.25, 0.3) is 11.4 Å². The van der Waals surface area contributed by atoms with Crippen LogP contribution in [0.3, 0.4) is 0 Å². The van der Waals surface area contributed by atoms with Gasteiger partial charge in [0.15, 0.2) is 0 Å². The maximum Gasteiger partial charge on any atom is 0.324 e. The van der Waals surface area contributed by atoms with Gasteiger partial charge in [-0.1, -0.05) is 19.3 Å². The Morgan fingerprint density at radius 2 is 1.52 bits per heavy atom. The van der Waals surface area contributed by atoms with Gasteiger partial charge in [0.2, 0.25) is 0 Å². The van der Waals surface area contributed by atoms with Crippen molar-refractivity contribution in [3.8, 4) is 5.75 Å². The van der Waals surface area contributed by atoms with Crippen molar-refractivity contribution >= 4 is 17.1 Å². The second-order valence-electron chi connectivity index (χ2n) is 6.19. The predicted molar refractivity (Wildman–Crippen MR) is 94.6 cm³/mol. The monoisotopic (exact) mass is 386 g/mol. The average molecular weight is 386 g/mol. The molecule has 27 heavy (non-hydrogen) atoms. The van der Waals surface area contributed by atoms with Crippen molar-refractivity contribution in [2.24, 2.45) is 0 Å². The van der Waals surface area contributed by atoms with Gasteiger partial charge in [-0.05, 0) is 19.8 Å². The number of nitro benzene ring substituents is 3. The molecule has 0 aliphatic heterocycles. The lowest BCUT2D eigenvalue weighted by Crippen LogP contribution is -2.39. The summed E-state index contributed by atoms with van der Waals surface area (Å²) in [5.74, 6) is -1.21. The molecule has 12 nitrogen and oxygen atoms in total. The minimum atomic E-state index is -1.21. The lowest BCUT2D eigenvalue weighted by Gasteiger charge is -2.25. The third kappa shape index (κ3) is 6.75. The third-order valence-electron chi connectivity index (χ3n) is 4.06. The van der Waals surface area contributed by atoms with Gasteiger partial charge in [0.1, 0.15) is 0 Å². The molecule has 1 aromatic rings. The van der Waals surface area contributed by atoms with Crippen LogP contribution in [0.15, 0.2) is 12.1 Å². The SMILES string of the molecule is CC(CO)NC1CCCCC1.O=[N+]([O-])c1cc([N+](=O)[O-])c(O)c([N+](=O)[O-])c1. The second kappa shape index (κ2) is 10.3. The largest absolute Gasteiger partial charge is 0.497 e. The summed E-state index contributed by atoms with van der Waals surface area (Å²) in [6.45, 7) is 2.30. The molecule has 0 amide bonds. The smallest absolute Gasteiger partial charge is 0.324 e. The van der Waals surface area contributed by atoms with Crippen LogP contribution in [-0.2, 0) is 0 Å². The Labute approximate surface area is 154 Å². The van der Waals surface area contributed by atoms with E-state index in [1.54, 1.807) is 0 Å². The molecule has 1 aromatic carbocycles. The Hall–Kier alpha value is -2.86. The fourth-order valence-corrected chi connectivity index (χ4v) is 2.70. The number of non-ortho nitro benzene ring substituents is 1. The van der Waals surface area contributed by atoms with E-state index < -0.39 is 37.6 Å². The molecule has 1 fully saturated rings. The fourth-order valence-electron chi connectivity index (χ4n) is 2.70. The van der Waals surface area contributed by atoms with E-state index in [1.807, 2.05) is 6.92 Å². The molecule has 12 heteroatoms. The van der Waals surface area contributed by atoms with Crippen LogP contribution in [0.25, 0.3) is 0 Å². The highest BCUT2D eigenvalue weighted by Crippen LogP contribution is 2.38. The van der Waals surface area contributed by atoms with Gasteiger partial charge in [-0.25, -0.2) is 0 Å². The van der Waals surface area contributed by atoms with Crippen molar-refractivity contribution in [3.63, 3.8) is 0 Å². The number of phenols is 1. The Morgan fingerprint density at radius 3 is 1.89 bits per heavy atom. The maximum absolute atomic E-state index is 10.4. The first-order valence-electron chi connectivity index (χ1n) is 8.34. The van der Waals surface area contributed by atoms with Crippen LogP contribution in [0.5, 0.6) is 5.75 Å². The molecule has 1 atom stereocenters. The molecule has 3 N–H and O–H groups in total. The molecule has 1 unspecified atom stereocenters. The minimum Gasteiger partial charge on any atom is -0.497 e. The number of hydrogen-bond acceptors (Lipinski definition) is 9. The zero-order valence-corrected chi connectivity index (χ0v) is 14.7. The van der Waals surface area contributed by atoms with Crippen LogP contribution in [-0.4, -0.2) is 43.7 Å². The number of phenolic OH excluding ortho intramolecular Hbond substituents is 1. The summed E-state index contributed by atoms with van der Waals surface area (Å²) >= 11 is 0. The van der Waals surface area contributed by atoms with Crippen molar-refractivity contribution in [2.45, 2.75) is 51.1 Å². The van der Waals surface area contributed by atoms with E-state index in [0.29, 0.717) is 18.2 Å². The number of rotatable bonds is 6. The number of nitrogens with zero attached hydrogens (tertiary/aromatic N) is 3. The van der Waals surface area contributed by atoms with E-state index in [2.05, 4.69) is 5.32 Å². The summed E-state index contributed by atoms with van der Waals surface area (Å²) in [7, 11) is 0. The van der Waals surface area contributed by atoms with Gasteiger partial charge in [0.05, 0.1) is 33.5 Å². The van der Waals surface area contributed by atoms with Crippen LogP contribution in [0.2, 0.25) is 0 Å². The van der Waals surface area contributed by atoms with Crippen molar-refractivity contribution in [3.05, 3.63) is 42.5 Å². The summed E-state index contributed by atoms with van der Waals surface area (Å²) in [5.41, 5.74) is -3.00. The van der Waals surface area contributed by atoms with Gasteiger partial charge < -0.3 is 15.5 Å². The summed E-state index contributed by atoms with van der Waals surface area (Å²) < 4.78 is 0. The van der Waals surface area contributed by atoms with E-state index in [0.717, 1.165) is 0 Å². The van der Waals surface area contributed by atoms with Crippen LogP contribution in [0.1, 0.15) is 39.0 Å². The van der Waals surface area contributed by atoms with Gasteiger partial charge in [-0.15, -0.1) is 0 Å². The van der Waals surface area contributed by atoms with Crippen molar-refractivity contribution < 1.29 is 25.0 Å².